The van der Waals surface area contributed by atoms with Crippen LogP contribution in [0.1, 0.15) is 0 Å². The molecule has 0 atom stereocenters. The van der Waals surface area contributed by atoms with E-state index in [1.54, 1.807) is 12.4 Å². The third-order valence-electron chi connectivity index (χ3n) is 11.4. The molecule has 0 N–H and O–H groups in total. The second-order valence-corrected chi connectivity index (χ2v) is 15.6. The summed E-state index contributed by atoms with van der Waals surface area (Å²) in [6.45, 7) is 0. The molecule has 5 aromatic heterocycles. The molecule has 0 aliphatic rings. The first-order valence-electron chi connectivity index (χ1n) is 21.4. The molecule has 0 fully saturated rings. The minimum atomic E-state index is 0.492. The molecule has 0 radical (unpaired) electrons. The Morgan fingerprint density at radius 1 is 0.303 bits per heavy atom. The number of rotatable bonds is 11. The molecule has 0 aliphatic carbocycles. The molecule has 12 rings (SSSR count). The maximum absolute atomic E-state index is 6.47. The van der Waals surface area contributed by atoms with Crippen LogP contribution < -0.4 is 18.9 Å². The molecule has 0 unspecified atom stereocenters. The van der Waals surface area contributed by atoms with Crippen LogP contribution in [-0.4, -0.2) is 29.1 Å². The Morgan fingerprint density at radius 2 is 0.758 bits per heavy atom. The lowest BCUT2D eigenvalue weighted by Crippen LogP contribution is -2.01. The van der Waals surface area contributed by atoms with E-state index >= 15 is 0 Å². The molecular formula is C56H36N6O4. The summed E-state index contributed by atoms with van der Waals surface area (Å²) in [7, 11) is 0. The molecule has 0 spiro atoms. The summed E-state index contributed by atoms with van der Waals surface area (Å²) in [5, 5.41) is 4.44. The first-order valence-corrected chi connectivity index (χ1v) is 21.4. The van der Waals surface area contributed by atoms with Gasteiger partial charge < -0.3 is 23.5 Å². The monoisotopic (exact) mass is 856 g/mol. The topological polar surface area (TPSA) is 98.3 Å². The number of nitrogens with zero attached hydrogens (tertiary/aromatic N) is 6. The number of pyridine rings is 2. The van der Waals surface area contributed by atoms with Crippen LogP contribution in [0.5, 0.6) is 46.3 Å². The van der Waals surface area contributed by atoms with Crippen LogP contribution >= 0.6 is 0 Å². The molecule has 5 heterocycles. The molecule has 0 aliphatic heterocycles. The first-order chi connectivity index (χ1) is 32.7. The van der Waals surface area contributed by atoms with Crippen molar-refractivity contribution in [3.05, 3.63) is 219 Å². The first kappa shape index (κ1) is 38.4. The number of fused-ring (bicyclic) bond motifs is 6. The number of para-hydroxylation sites is 2. The van der Waals surface area contributed by atoms with Crippen molar-refractivity contribution in [3.8, 4) is 69.0 Å². The van der Waals surface area contributed by atoms with Crippen molar-refractivity contribution in [1.82, 2.24) is 29.1 Å². The molecule has 0 saturated heterocycles. The quantitative estimate of drug-likeness (QED) is 0.127. The van der Waals surface area contributed by atoms with Gasteiger partial charge in [0.1, 0.15) is 34.5 Å². The van der Waals surface area contributed by atoms with Crippen LogP contribution in [-0.2, 0) is 0 Å². The van der Waals surface area contributed by atoms with Gasteiger partial charge in [-0.2, -0.15) is 0 Å². The van der Waals surface area contributed by atoms with E-state index in [2.05, 4.69) is 99.5 Å². The molecule has 314 valence electrons. The van der Waals surface area contributed by atoms with Gasteiger partial charge in [-0.05, 0) is 90.5 Å². The standard InChI is InChI=1S/C56H36N6O4/c1-3-17-50-46(15-1)47-16-2-4-18-51(47)61(50)39-23-21-37(22-24-39)38-35-59-56(60-36-38)62-52-33-44(63-40-11-9-13-42(31-40)65-54-19-5-7-29-57-54)25-27-48(52)49-28-26-45(34-53(49)62)64-41-12-10-14-43(32-41)66-55-20-6-8-30-58-55/h1-36H. The summed E-state index contributed by atoms with van der Waals surface area (Å²) in [5.74, 6) is 5.18. The van der Waals surface area contributed by atoms with Crippen LogP contribution in [0.15, 0.2) is 219 Å². The van der Waals surface area contributed by atoms with Gasteiger partial charge in [-0.1, -0.05) is 72.8 Å². The van der Waals surface area contributed by atoms with Crippen molar-refractivity contribution in [2.45, 2.75) is 0 Å². The van der Waals surface area contributed by atoms with Crippen LogP contribution in [0.3, 0.4) is 0 Å². The van der Waals surface area contributed by atoms with Crippen LogP contribution in [0.25, 0.3) is 66.4 Å². The molecule has 0 saturated carbocycles. The maximum atomic E-state index is 6.47. The SMILES string of the molecule is c1ccc(Oc2cccc(Oc3ccc4c5ccc(Oc6cccc(Oc7ccccn7)c6)cc5n(-c5ncc(-c6ccc(-n7c8ccccc8c8ccccc87)cc6)cn5)c4c3)c2)nc1. The van der Waals surface area contributed by atoms with Crippen LogP contribution in [0, 0.1) is 0 Å². The molecular weight excluding hydrogens is 821 g/mol. The third kappa shape index (κ3) is 7.34. The van der Waals surface area contributed by atoms with Crippen molar-refractivity contribution in [2.75, 3.05) is 0 Å². The van der Waals surface area contributed by atoms with E-state index in [1.165, 1.54) is 21.8 Å². The van der Waals surface area contributed by atoms with Gasteiger partial charge in [-0.25, -0.2) is 19.9 Å². The highest BCUT2D eigenvalue weighted by Crippen LogP contribution is 2.39. The van der Waals surface area contributed by atoms with Crippen LogP contribution in [0.2, 0.25) is 0 Å². The zero-order valence-corrected chi connectivity index (χ0v) is 35.1. The summed E-state index contributed by atoms with van der Waals surface area (Å²) >= 11 is 0. The Kier molecular flexibility index (Phi) is 9.57. The average molecular weight is 857 g/mol. The van der Waals surface area contributed by atoms with Gasteiger partial charge in [-0.15, -0.1) is 0 Å². The van der Waals surface area contributed by atoms with Gasteiger partial charge in [0.2, 0.25) is 17.7 Å². The van der Waals surface area contributed by atoms with E-state index < -0.39 is 0 Å². The highest BCUT2D eigenvalue weighted by molar-refractivity contribution is 6.10. The molecule has 10 heteroatoms. The largest absolute Gasteiger partial charge is 0.457 e. The number of benzene rings is 7. The molecule has 7 aromatic carbocycles. The highest BCUT2D eigenvalue weighted by Gasteiger charge is 2.18. The number of aromatic nitrogens is 6. The van der Waals surface area contributed by atoms with Crippen molar-refractivity contribution in [3.63, 3.8) is 0 Å². The average Bonchev–Trinajstić information content (AvgIpc) is 3.87. The minimum absolute atomic E-state index is 0.492. The molecule has 0 bridgehead atoms. The second kappa shape index (κ2) is 16.4. The third-order valence-corrected chi connectivity index (χ3v) is 11.4. The van der Waals surface area contributed by atoms with Gasteiger partial charge in [0, 0.05) is 94.0 Å². The zero-order chi connectivity index (χ0) is 43.8. The predicted molar refractivity (Wildman–Crippen MR) is 258 cm³/mol. The Morgan fingerprint density at radius 3 is 1.26 bits per heavy atom. The highest BCUT2D eigenvalue weighted by atomic mass is 16.5. The van der Waals surface area contributed by atoms with Crippen molar-refractivity contribution >= 4 is 43.6 Å². The van der Waals surface area contributed by atoms with Crippen molar-refractivity contribution in [2.24, 2.45) is 0 Å². The molecule has 10 nitrogen and oxygen atoms in total. The van der Waals surface area contributed by atoms with E-state index in [0.29, 0.717) is 52.2 Å². The molecule has 66 heavy (non-hydrogen) atoms. The van der Waals surface area contributed by atoms with E-state index in [1.807, 2.05) is 126 Å². The van der Waals surface area contributed by atoms with Gasteiger partial charge >= 0.3 is 0 Å². The van der Waals surface area contributed by atoms with Crippen molar-refractivity contribution < 1.29 is 18.9 Å². The maximum Gasteiger partial charge on any atom is 0.234 e. The van der Waals surface area contributed by atoms with Gasteiger partial charge in [0.25, 0.3) is 0 Å². The van der Waals surface area contributed by atoms with E-state index in [0.717, 1.165) is 38.6 Å². The van der Waals surface area contributed by atoms with E-state index in [4.69, 9.17) is 28.9 Å². The van der Waals surface area contributed by atoms with E-state index in [-0.39, 0.29) is 0 Å². The second-order valence-electron chi connectivity index (χ2n) is 15.6. The lowest BCUT2D eigenvalue weighted by Gasteiger charge is -2.11. The zero-order valence-electron chi connectivity index (χ0n) is 35.1. The lowest BCUT2D eigenvalue weighted by molar-refractivity contribution is 0.448. The lowest BCUT2D eigenvalue weighted by atomic mass is 10.1. The normalized spacial score (nSPS) is 11.3. The summed E-state index contributed by atoms with van der Waals surface area (Å²) < 4.78 is 29.3. The summed E-state index contributed by atoms with van der Waals surface area (Å²) in [6.07, 6.45) is 7.13. The number of hydrogen-bond donors (Lipinski definition) is 0. The minimum Gasteiger partial charge on any atom is -0.457 e. The predicted octanol–water partition coefficient (Wildman–Crippen LogP) is 14.3. The summed E-state index contributed by atoms with van der Waals surface area (Å²) in [6, 6.07) is 63.7. The number of ether oxygens (including phenoxy) is 4. The Balaban J connectivity index is 0.901. The summed E-state index contributed by atoms with van der Waals surface area (Å²) in [5.41, 5.74) is 7.02. The van der Waals surface area contributed by atoms with Crippen molar-refractivity contribution in [1.29, 1.82) is 0 Å². The van der Waals surface area contributed by atoms with E-state index in [9.17, 15) is 0 Å². The fourth-order valence-electron chi connectivity index (χ4n) is 8.44. The fourth-order valence-corrected chi connectivity index (χ4v) is 8.44. The Bertz CT molecular complexity index is 3510. The Labute approximate surface area is 378 Å². The van der Waals surface area contributed by atoms with Gasteiger partial charge in [0.15, 0.2) is 0 Å². The Hall–Kier alpha value is -9.28. The fraction of sp³-hybridized carbons (Fsp3) is 0. The summed E-state index contributed by atoms with van der Waals surface area (Å²) in [4.78, 5) is 18.6. The van der Waals surface area contributed by atoms with Gasteiger partial charge in [0.05, 0.1) is 22.1 Å². The molecule has 12 aromatic rings. The molecule has 0 amide bonds. The smallest absolute Gasteiger partial charge is 0.234 e. The van der Waals surface area contributed by atoms with Crippen LogP contribution in [0.4, 0.5) is 0 Å². The van der Waals surface area contributed by atoms with Gasteiger partial charge in [-0.3, -0.25) is 4.57 Å². The number of hydrogen-bond acceptors (Lipinski definition) is 8.